The average Bonchev–Trinajstić information content (AvgIpc) is 3.40. The number of nitrogens with one attached hydrogen (secondary N) is 2. The molecule has 25 heavy (non-hydrogen) atoms. The van der Waals surface area contributed by atoms with Crippen LogP contribution < -0.4 is 10.6 Å². The number of amides is 2. The van der Waals surface area contributed by atoms with Gasteiger partial charge in [0.25, 0.3) is 0 Å². The zero-order valence-corrected chi connectivity index (χ0v) is 14.1. The molecule has 0 spiro atoms. The molecule has 2 aromatic carbocycles. The summed E-state index contributed by atoms with van der Waals surface area (Å²) in [6.07, 6.45) is 3.13. The maximum absolute atomic E-state index is 13.1. The number of benzene rings is 2. The van der Waals surface area contributed by atoms with Crippen molar-refractivity contribution in [2.75, 3.05) is 18.5 Å². The van der Waals surface area contributed by atoms with Crippen LogP contribution in [0, 0.1) is 11.7 Å². The van der Waals surface area contributed by atoms with Crippen LogP contribution in [0.3, 0.4) is 0 Å². The smallest absolute Gasteiger partial charge is 0.319 e. The summed E-state index contributed by atoms with van der Waals surface area (Å²) in [6.45, 7) is 1.82. The van der Waals surface area contributed by atoms with E-state index in [1.165, 1.54) is 25.0 Å². The summed E-state index contributed by atoms with van der Waals surface area (Å²) in [4.78, 5) is 12.0. The van der Waals surface area contributed by atoms with Gasteiger partial charge in [0.2, 0.25) is 0 Å². The SMILES string of the molecule is O=C(NCCc1cccc(F)c1)Nc1cccc(COCC2CC2)c1. The Bertz CT molecular complexity index is 716. The Morgan fingerprint density at radius 2 is 1.92 bits per heavy atom. The number of hydrogen-bond acceptors (Lipinski definition) is 2. The summed E-state index contributed by atoms with van der Waals surface area (Å²) >= 11 is 0. The van der Waals surface area contributed by atoms with Crippen LogP contribution in [-0.2, 0) is 17.8 Å². The molecule has 0 saturated heterocycles. The second-order valence-electron chi connectivity index (χ2n) is 6.42. The van der Waals surface area contributed by atoms with Gasteiger partial charge in [-0.25, -0.2) is 9.18 Å². The van der Waals surface area contributed by atoms with E-state index in [2.05, 4.69) is 10.6 Å². The normalized spacial score (nSPS) is 13.5. The number of urea groups is 1. The third kappa shape index (κ3) is 6.19. The lowest BCUT2D eigenvalue weighted by Gasteiger charge is -2.09. The minimum Gasteiger partial charge on any atom is -0.376 e. The molecule has 0 bridgehead atoms. The van der Waals surface area contributed by atoms with E-state index in [0.29, 0.717) is 19.6 Å². The average molecular weight is 342 g/mol. The molecule has 1 aliphatic carbocycles. The largest absolute Gasteiger partial charge is 0.376 e. The van der Waals surface area contributed by atoms with Crippen LogP contribution >= 0.6 is 0 Å². The third-order valence-corrected chi connectivity index (χ3v) is 4.09. The van der Waals surface area contributed by atoms with Gasteiger partial charge in [0.05, 0.1) is 6.61 Å². The van der Waals surface area contributed by atoms with Crippen molar-refractivity contribution in [3.63, 3.8) is 0 Å². The molecule has 1 aliphatic rings. The Balaban J connectivity index is 1.40. The molecule has 1 saturated carbocycles. The summed E-state index contributed by atoms with van der Waals surface area (Å²) in [6, 6.07) is 13.8. The first-order chi connectivity index (χ1) is 12.2. The molecule has 0 atom stereocenters. The molecule has 1 fully saturated rings. The number of halogens is 1. The number of anilines is 1. The molecule has 2 N–H and O–H groups in total. The first kappa shape index (κ1) is 17.4. The molecule has 0 aromatic heterocycles. The van der Waals surface area contributed by atoms with Gasteiger partial charge in [-0.05, 0) is 60.6 Å². The molecule has 4 nitrogen and oxygen atoms in total. The summed E-state index contributed by atoms with van der Waals surface area (Å²) in [5, 5.41) is 5.59. The standard InChI is InChI=1S/C20H23FN2O2/c21-18-5-1-3-15(11-18)9-10-22-20(24)23-19-6-2-4-17(12-19)14-25-13-16-7-8-16/h1-6,11-12,16H,7-10,13-14H2,(H2,22,23,24). The van der Waals surface area contributed by atoms with E-state index < -0.39 is 0 Å². The summed E-state index contributed by atoms with van der Waals surface area (Å²) in [7, 11) is 0. The van der Waals surface area contributed by atoms with E-state index in [0.717, 1.165) is 29.3 Å². The summed E-state index contributed by atoms with van der Waals surface area (Å²) in [5.41, 5.74) is 2.63. The highest BCUT2D eigenvalue weighted by atomic mass is 19.1. The molecule has 132 valence electrons. The van der Waals surface area contributed by atoms with Crippen molar-refractivity contribution in [2.45, 2.75) is 25.9 Å². The van der Waals surface area contributed by atoms with Gasteiger partial charge in [-0.2, -0.15) is 0 Å². The van der Waals surface area contributed by atoms with Crippen molar-refractivity contribution in [1.82, 2.24) is 5.32 Å². The Labute approximate surface area is 147 Å². The molecule has 5 heteroatoms. The van der Waals surface area contributed by atoms with E-state index in [4.69, 9.17) is 4.74 Å². The zero-order chi connectivity index (χ0) is 17.5. The van der Waals surface area contributed by atoms with Crippen LogP contribution in [-0.4, -0.2) is 19.2 Å². The van der Waals surface area contributed by atoms with Crippen molar-refractivity contribution in [2.24, 2.45) is 5.92 Å². The number of carbonyl (C=O) groups is 1. The molecule has 2 aromatic rings. The quantitative estimate of drug-likeness (QED) is 0.758. The maximum atomic E-state index is 13.1. The highest BCUT2D eigenvalue weighted by Gasteiger charge is 2.21. The van der Waals surface area contributed by atoms with Crippen molar-refractivity contribution in [1.29, 1.82) is 0 Å². The van der Waals surface area contributed by atoms with Crippen molar-refractivity contribution < 1.29 is 13.9 Å². The van der Waals surface area contributed by atoms with Crippen molar-refractivity contribution >= 4 is 11.7 Å². The summed E-state index contributed by atoms with van der Waals surface area (Å²) in [5.74, 6) is 0.479. The number of rotatable bonds is 8. The van der Waals surface area contributed by atoms with Crippen LogP contribution in [0.1, 0.15) is 24.0 Å². The monoisotopic (exact) mass is 342 g/mol. The Hall–Kier alpha value is -2.40. The fourth-order valence-corrected chi connectivity index (χ4v) is 2.55. The first-order valence-corrected chi connectivity index (χ1v) is 8.65. The Morgan fingerprint density at radius 3 is 2.72 bits per heavy atom. The second kappa shape index (κ2) is 8.62. The van der Waals surface area contributed by atoms with E-state index in [-0.39, 0.29) is 11.8 Å². The highest BCUT2D eigenvalue weighted by Crippen LogP contribution is 2.29. The van der Waals surface area contributed by atoms with E-state index in [9.17, 15) is 9.18 Å². The lowest BCUT2D eigenvalue weighted by Crippen LogP contribution is -2.30. The van der Waals surface area contributed by atoms with Gasteiger partial charge in [-0.1, -0.05) is 24.3 Å². The van der Waals surface area contributed by atoms with Crippen molar-refractivity contribution in [3.05, 3.63) is 65.5 Å². The minimum absolute atomic E-state index is 0.261. The number of ether oxygens (including phenoxy) is 1. The molecule has 0 unspecified atom stereocenters. The molecular formula is C20H23FN2O2. The highest BCUT2D eigenvalue weighted by molar-refractivity contribution is 5.89. The molecule has 0 aliphatic heterocycles. The van der Waals surface area contributed by atoms with Gasteiger partial charge in [0.15, 0.2) is 0 Å². The summed E-state index contributed by atoms with van der Waals surface area (Å²) < 4.78 is 18.8. The van der Waals surface area contributed by atoms with Crippen LogP contribution in [0.25, 0.3) is 0 Å². The number of hydrogen-bond donors (Lipinski definition) is 2. The van der Waals surface area contributed by atoms with Gasteiger partial charge in [0.1, 0.15) is 5.82 Å². The predicted molar refractivity (Wildman–Crippen MR) is 95.9 cm³/mol. The van der Waals surface area contributed by atoms with Gasteiger partial charge >= 0.3 is 6.03 Å². The van der Waals surface area contributed by atoms with Crippen LogP contribution in [0.4, 0.5) is 14.9 Å². The lowest BCUT2D eigenvalue weighted by molar-refractivity contribution is 0.111. The van der Waals surface area contributed by atoms with E-state index in [1.54, 1.807) is 6.07 Å². The van der Waals surface area contributed by atoms with E-state index >= 15 is 0 Å². The van der Waals surface area contributed by atoms with Gasteiger partial charge < -0.3 is 15.4 Å². The molecule has 2 amide bonds. The maximum Gasteiger partial charge on any atom is 0.319 e. The fraction of sp³-hybridized carbons (Fsp3) is 0.350. The zero-order valence-electron chi connectivity index (χ0n) is 14.1. The molecule has 0 radical (unpaired) electrons. The van der Waals surface area contributed by atoms with E-state index in [1.807, 2.05) is 30.3 Å². The molecule has 3 rings (SSSR count). The third-order valence-electron chi connectivity index (χ3n) is 4.09. The second-order valence-corrected chi connectivity index (χ2v) is 6.42. The number of carbonyl (C=O) groups excluding carboxylic acids is 1. The predicted octanol–water partition coefficient (Wildman–Crippen LogP) is 4.12. The molecule has 0 heterocycles. The minimum atomic E-state index is -0.271. The fourth-order valence-electron chi connectivity index (χ4n) is 2.55. The van der Waals surface area contributed by atoms with Gasteiger partial charge in [0, 0.05) is 18.8 Å². The van der Waals surface area contributed by atoms with Crippen LogP contribution in [0.2, 0.25) is 0 Å². The van der Waals surface area contributed by atoms with Crippen molar-refractivity contribution in [3.8, 4) is 0 Å². The Morgan fingerprint density at radius 1 is 1.12 bits per heavy atom. The van der Waals surface area contributed by atoms with Crippen LogP contribution in [0.15, 0.2) is 48.5 Å². The topological polar surface area (TPSA) is 50.4 Å². The Kier molecular flexibility index (Phi) is 6.01. The first-order valence-electron chi connectivity index (χ1n) is 8.65. The van der Waals surface area contributed by atoms with Crippen LogP contribution in [0.5, 0.6) is 0 Å². The van der Waals surface area contributed by atoms with Gasteiger partial charge in [-0.15, -0.1) is 0 Å². The lowest BCUT2D eigenvalue weighted by atomic mass is 10.1. The van der Waals surface area contributed by atoms with Gasteiger partial charge in [-0.3, -0.25) is 0 Å². The molecular weight excluding hydrogens is 319 g/mol.